The van der Waals surface area contributed by atoms with Crippen molar-refractivity contribution in [1.82, 2.24) is 0 Å². The van der Waals surface area contributed by atoms with Crippen molar-refractivity contribution in [2.45, 2.75) is 16.6 Å². The molecule has 0 aliphatic carbocycles. The van der Waals surface area contributed by atoms with Crippen LogP contribution in [0.15, 0.2) is 0 Å². The summed E-state index contributed by atoms with van der Waals surface area (Å²) in [6.45, 7) is 1.88. The van der Waals surface area contributed by atoms with Gasteiger partial charge in [0.25, 0.3) is 0 Å². The van der Waals surface area contributed by atoms with Gasteiger partial charge in [-0.25, -0.2) is 5.11 Å². The Bertz CT molecular complexity index is 47.0. The highest BCUT2D eigenvalue weighted by molar-refractivity contribution is 9.12. The Morgan fingerprint density at radius 1 is 1.57 bits per heavy atom. The lowest BCUT2D eigenvalue weighted by Crippen LogP contribution is -2.12. The first kappa shape index (κ1) is 7.92. The molecule has 1 radical (unpaired) electrons. The summed E-state index contributed by atoms with van der Waals surface area (Å²) >= 11 is 6.43. The Labute approximate surface area is 60.4 Å². The summed E-state index contributed by atoms with van der Waals surface area (Å²) < 4.78 is 0. The number of alkyl halides is 2. The molecular weight excluding hydrogens is 224 g/mol. The average Bonchev–Trinajstić information content (AvgIpc) is 1.65. The van der Waals surface area contributed by atoms with Gasteiger partial charge in [-0.1, -0.05) is 38.8 Å². The Hall–Kier alpha value is 0.920. The van der Waals surface area contributed by atoms with E-state index in [-0.39, 0.29) is 16.3 Å². The van der Waals surface area contributed by atoms with Crippen LogP contribution in [-0.4, -0.2) is 16.3 Å². The van der Waals surface area contributed by atoms with E-state index in [0.29, 0.717) is 0 Å². The van der Waals surface area contributed by atoms with E-state index in [1.54, 1.807) is 0 Å². The molecule has 2 atom stereocenters. The molecule has 0 aliphatic rings. The molecule has 3 heteroatoms. The van der Waals surface area contributed by atoms with Crippen molar-refractivity contribution in [3.63, 3.8) is 0 Å². The lowest BCUT2D eigenvalue weighted by Gasteiger charge is -2.04. The van der Waals surface area contributed by atoms with Crippen LogP contribution in [0.3, 0.4) is 0 Å². The molecule has 0 bridgehead atoms. The molecule has 0 aromatic heterocycles. The highest BCUT2D eigenvalue weighted by Crippen LogP contribution is 2.11. The third-order valence-corrected chi connectivity index (χ3v) is 3.06. The summed E-state index contributed by atoms with van der Waals surface area (Å²) in [6, 6.07) is 0. The molecule has 0 N–H and O–H groups in total. The van der Waals surface area contributed by atoms with Crippen LogP contribution in [0, 0.1) is 0 Å². The maximum atomic E-state index is 9.99. The quantitative estimate of drug-likeness (QED) is 0.647. The normalized spacial score (nSPS) is 18.9. The number of hydrogen-bond donors (Lipinski definition) is 0. The van der Waals surface area contributed by atoms with E-state index in [4.69, 9.17) is 0 Å². The van der Waals surface area contributed by atoms with Gasteiger partial charge in [-0.05, 0) is 0 Å². The van der Waals surface area contributed by atoms with Crippen molar-refractivity contribution >= 4 is 31.9 Å². The Balaban J connectivity index is 3.14. The summed E-state index contributed by atoms with van der Waals surface area (Å²) in [6.07, 6.45) is 0. The first-order valence-electron chi connectivity index (χ1n) is 2.04. The highest BCUT2D eigenvalue weighted by Gasteiger charge is 2.07. The van der Waals surface area contributed by atoms with Crippen LogP contribution in [0.5, 0.6) is 0 Å². The van der Waals surface area contributed by atoms with Gasteiger partial charge in [0.15, 0.2) is 0 Å². The minimum Gasteiger partial charge on any atom is -0.235 e. The lowest BCUT2D eigenvalue weighted by atomic mass is 10.4. The van der Waals surface area contributed by atoms with E-state index in [9.17, 15) is 5.11 Å². The van der Waals surface area contributed by atoms with Crippen molar-refractivity contribution in [2.75, 3.05) is 6.61 Å². The van der Waals surface area contributed by atoms with Crippen molar-refractivity contribution in [2.24, 2.45) is 0 Å². The smallest absolute Gasteiger partial charge is 0.0958 e. The molecule has 0 amide bonds. The zero-order valence-electron chi connectivity index (χ0n) is 4.03. The van der Waals surface area contributed by atoms with E-state index in [1.165, 1.54) is 0 Å². The fourth-order valence-electron chi connectivity index (χ4n) is 0.133. The van der Waals surface area contributed by atoms with Gasteiger partial charge in [0, 0.05) is 4.83 Å². The van der Waals surface area contributed by atoms with Gasteiger partial charge >= 0.3 is 0 Å². The van der Waals surface area contributed by atoms with Gasteiger partial charge in [-0.2, -0.15) is 0 Å². The SMILES string of the molecule is CC(Br)C(Br)C[O]. The number of halogens is 2. The minimum atomic E-state index is -0.0631. The van der Waals surface area contributed by atoms with E-state index in [2.05, 4.69) is 31.9 Å². The van der Waals surface area contributed by atoms with Gasteiger partial charge in [0.05, 0.1) is 11.4 Å². The molecule has 0 spiro atoms. The van der Waals surface area contributed by atoms with Gasteiger partial charge in [-0.3, -0.25) is 0 Å². The van der Waals surface area contributed by atoms with Crippen LogP contribution < -0.4 is 0 Å². The topological polar surface area (TPSA) is 19.9 Å². The molecular formula is C4H7Br2O. The van der Waals surface area contributed by atoms with E-state index < -0.39 is 0 Å². The van der Waals surface area contributed by atoms with Crippen LogP contribution in [0.4, 0.5) is 0 Å². The zero-order valence-corrected chi connectivity index (χ0v) is 7.20. The Kier molecular flexibility index (Phi) is 4.37. The maximum Gasteiger partial charge on any atom is 0.0958 e. The Morgan fingerprint density at radius 3 is 2.00 bits per heavy atom. The van der Waals surface area contributed by atoms with Crippen molar-refractivity contribution in [3.8, 4) is 0 Å². The van der Waals surface area contributed by atoms with Gasteiger partial charge < -0.3 is 0 Å². The van der Waals surface area contributed by atoms with Crippen LogP contribution in [0.1, 0.15) is 6.92 Å². The van der Waals surface area contributed by atoms with Crippen LogP contribution in [-0.2, 0) is 5.11 Å². The van der Waals surface area contributed by atoms with Crippen molar-refractivity contribution < 1.29 is 5.11 Å². The fraction of sp³-hybridized carbons (Fsp3) is 1.00. The molecule has 0 rings (SSSR count). The predicted octanol–water partition coefficient (Wildman–Crippen LogP) is 1.96. The van der Waals surface area contributed by atoms with E-state index in [1.807, 2.05) is 6.92 Å². The molecule has 1 nitrogen and oxygen atoms in total. The zero-order chi connectivity index (χ0) is 5.86. The molecule has 2 unspecified atom stereocenters. The molecule has 0 saturated heterocycles. The molecule has 0 aromatic rings. The standard InChI is InChI=1S/C4H7Br2O/c1-3(5)4(6)2-7/h3-4H,2H2,1H3. The second kappa shape index (κ2) is 3.87. The van der Waals surface area contributed by atoms with Crippen LogP contribution in [0.2, 0.25) is 0 Å². The maximum absolute atomic E-state index is 9.99. The summed E-state index contributed by atoms with van der Waals surface area (Å²) in [5.74, 6) is 0. The first-order chi connectivity index (χ1) is 3.18. The van der Waals surface area contributed by atoms with Crippen molar-refractivity contribution in [3.05, 3.63) is 0 Å². The molecule has 0 saturated carbocycles. The van der Waals surface area contributed by atoms with E-state index >= 15 is 0 Å². The van der Waals surface area contributed by atoms with Crippen LogP contribution >= 0.6 is 31.9 Å². The molecule has 0 heterocycles. The molecule has 0 aromatic carbocycles. The molecule has 43 valence electrons. The van der Waals surface area contributed by atoms with Crippen LogP contribution in [0.25, 0.3) is 0 Å². The third-order valence-electron chi connectivity index (χ3n) is 0.658. The summed E-state index contributed by atoms with van der Waals surface area (Å²) in [7, 11) is 0. The van der Waals surface area contributed by atoms with Gasteiger partial charge in [0.1, 0.15) is 0 Å². The predicted molar refractivity (Wildman–Crippen MR) is 36.7 cm³/mol. The third kappa shape index (κ3) is 3.50. The summed E-state index contributed by atoms with van der Waals surface area (Å²) in [4.78, 5) is 0.359. The summed E-state index contributed by atoms with van der Waals surface area (Å²) in [5, 5.41) is 9.99. The Morgan fingerprint density at radius 2 is 2.00 bits per heavy atom. The first-order valence-corrected chi connectivity index (χ1v) is 3.88. The largest absolute Gasteiger partial charge is 0.235 e. The summed E-state index contributed by atoms with van der Waals surface area (Å²) in [5.41, 5.74) is 0. The number of hydrogen-bond acceptors (Lipinski definition) is 0. The molecule has 7 heavy (non-hydrogen) atoms. The highest BCUT2D eigenvalue weighted by atomic mass is 79.9. The average molecular weight is 231 g/mol. The van der Waals surface area contributed by atoms with Gasteiger partial charge in [-0.15, -0.1) is 0 Å². The molecule has 0 aliphatic heterocycles. The monoisotopic (exact) mass is 229 g/mol. The number of rotatable bonds is 2. The second-order valence-corrected chi connectivity index (χ2v) is 3.98. The molecule has 0 fully saturated rings. The van der Waals surface area contributed by atoms with Gasteiger partial charge in [0.2, 0.25) is 0 Å². The lowest BCUT2D eigenvalue weighted by molar-refractivity contribution is 0.196. The minimum absolute atomic E-state index is 0.0631. The fourth-order valence-corrected chi connectivity index (χ4v) is 0.285. The van der Waals surface area contributed by atoms with E-state index in [0.717, 1.165) is 0 Å². The second-order valence-electron chi connectivity index (χ2n) is 1.36. The van der Waals surface area contributed by atoms with Crippen molar-refractivity contribution in [1.29, 1.82) is 0 Å².